The molecule has 1 amide bonds. The lowest BCUT2D eigenvalue weighted by Crippen LogP contribution is -2.33. The standard InChI is InChI=1S/C20H17FN4O4/c1-12-11-16(25(28)29)7-8-17(12)22-20(27)13(2)24-19(26)10-9-18(23-24)14-3-5-15(21)6-4-14/h3-11,13H,1-2H3,(H,22,27). The van der Waals surface area contributed by atoms with Gasteiger partial charge in [-0.1, -0.05) is 0 Å². The average molecular weight is 396 g/mol. The summed E-state index contributed by atoms with van der Waals surface area (Å²) in [4.78, 5) is 35.2. The van der Waals surface area contributed by atoms with E-state index in [9.17, 15) is 24.1 Å². The first kappa shape index (κ1) is 19.9. The summed E-state index contributed by atoms with van der Waals surface area (Å²) >= 11 is 0. The largest absolute Gasteiger partial charge is 0.324 e. The molecule has 0 radical (unpaired) electrons. The van der Waals surface area contributed by atoms with Gasteiger partial charge in [-0.15, -0.1) is 0 Å². The van der Waals surface area contributed by atoms with E-state index in [1.807, 2.05) is 0 Å². The smallest absolute Gasteiger partial charge is 0.269 e. The predicted octanol–water partition coefficient (Wildman–Crippen LogP) is 3.47. The Morgan fingerprint density at radius 1 is 1.17 bits per heavy atom. The van der Waals surface area contributed by atoms with Crippen LogP contribution in [-0.4, -0.2) is 20.6 Å². The number of benzene rings is 2. The molecule has 9 heteroatoms. The molecule has 0 bridgehead atoms. The molecule has 0 fully saturated rings. The van der Waals surface area contributed by atoms with Crippen LogP contribution in [0.2, 0.25) is 0 Å². The summed E-state index contributed by atoms with van der Waals surface area (Å²) in [5.74, 6) is -0.902. The summed E-state index contributed by atoms with van der Waals surface area (Å²) in [6, 6.07) is 11.5. The summed E-state index contributed by atoms with van der Waals surface area (Å²) < 4.78 is 14.2. The second-order valence-corrected chi connectivity index (χ2v) is 6.43. The fourth-order valence-electron chi connectivity index (χ4n) is 2.73. The van der Waals surface area contributed by atoms with Gasteiger partial charge in [0, 0.05) is 29.4 Å². The zero-order chi connectivity index (χ0) is 21.1. The predicted molar refractivity (Wildman–Crippen MR) is 105 cm³/mol. The number of hydrogen-bond donors (Lipinski definition) is 1. The van der Waals surface area contributed by atoms with Crippen LogP contribution in [-0.2, 0) is 4.79 Å². The number of rotatable bonds is 5. The highest BCUT2D eigenvalue weighted by Gasteiger charge is 2.19. The van der Waals surface area contributed by atoms with Crippen molar-refractivity contribution in [2.45, 2.75) is 19.9 Å². The maximum atomic E-state index is 13.1. The molecule has 1 unspecified atom stereocenters. The minimum absolute atomic E-state index is 0.0848. The Kier molecular flexibility index (Phi) is 5.49. The Labute approximate surface area is 164 Å². The van der Waals surface area contributed by atoms with Gasteiger partial charge in [-0.2, -0.15) is 5.10 Å². The third-order valence-electron chi connectivity index (χ3n) is 4.39. The fraction of sp³-hybridized carbons (Fsp3) is 0.150. The Bertz CT molecular complexity index is 1140. The monoisotopic (exact) mass is 396 g/mol. The molecule has 29 heavy (non-hydrogen) atoms. The van der Waals surface area contributed by atoms with Crippen LogP contribution in [0.5, 0.6) is 0 Å². The zero-order valence-electron chi connectivity index (χ0n) is 15.6. The Balaban J connectivity index is 1.86. The molecule has 1 N–H and O–H groups in total. The van der Waals surface area contributed by atoms with Crippen molar-refractivity contribution in [1.29, 1.82) is 0 Å². The topological polar surface area (TPSA) is 107 Å². The zero-order valence-corrected chi connectivity index (χ0v) is 15.6. The first-order valence-corrected chi connectivity index (χ1v) is 8.68. The second-order valence-electron chi connectivity index (χ2n) is 6.43. The number of anilines is 1. The van der Waals surface area contributed by atoms with Crippen LogP contribution in [0.3, 0.4) is 0 Å². The highest BCUT2D eigenvalue weighted by molar-refractivity contribution is 5.94. The molecular weight excluding hydrogens is 379 g/mol. The van der Waals surface area contributed by atoms with Gasteiger partial charge in [0.2, 0.25) is 5.91 Å². The number of aromatic nitrogens is 2. The number of non-ortho nitro benzene ring substituents is 1. The summed E-state index contributed by atoms with van der Waals surface area (Å²) in [6.07, 6.45) is 0. The highest BCUT2D eigenvalue weighted by Crippen LogP contribution is 2.22. The minimum atomic E-state index is -0.947. The molecule has 1 atom stereocenters. The van der Waals surface area contributed by atoms with Crippen molar-refractivity contribution >= 4 is 17.3 Å². The number of hydrogen-bond acceptors (Lipinski definition) is 5. The number of halogens is 1. The van der Waals surface area contributed by atoms with Gasteiger partial charge in [0.15, 0.2) is 0 Å². The van der Waals surface area contributed by atoms with E-state index in [2.05, 4.69) is 10.4 Å². The van der Waals surface area contributed by atoms with E-state index < -0.39 is 28.2 Å². The highest BCUT2D eigenvalue weighted by atomic mass is 19.1. The molecule has 1 aromatic heterocycles. The van der Waals surface area contributed by atoms with Crippen LogP contribution in [0.4, 0.5) is 15.8 Å². The van der Waals surface area contributed by atoms with E-state index in [0.717, 1.165) is 4.68 Å². The van der Waals surface area contributed by atoms with Crippen LogP contribution >= 0.6 is 0 Å². The Morgan fingerprint density at radius 2 is 1.86 bits per heavy atom. The minimum Gasteiger partial charge on any atom is -0.324 e. The lowest BCUT2D eigenvalue weighted by atomic mass is 10.1. The van der Waals surface area contributed by atoms with E-state index in [-0.39, 0.29) is 5.69 Å². The number of nitro benzene ring substituents is 1. The van der Waals surface area contributed by atoms with Gasteiger partial charge in [0.25, 0.3) is 11.2 Å². The van der Waals surface area contributed by atoms with Gasteiger partial charge in [-0.05, 0) is 55.8 Å². The fourth-order valence-corrected chi connectivity index (χ4v) is 2.73. The van der Waals surface area contributed by atoms with E-state index in [1.54, 1.807) is 6.92 Å². The summed E-state index contributed by atoms with van der Waals surface area (Å²) in [5.41, 5.74) is 1.36. The number of nitro groups is 1. The number of carbonyl (C=O) groups excluding carboxylic acids is 1. The van der Waals surface area contributed by atoms with Gasteiger partial charge in [0.05, 0.1) is 10.6 Å². The van der Waals surface area contributed by atoms with Gasteiger partial charge in [-0.25, -0.2) is 9.07 Å². The molecule has 148 valence electrons. The summed E-state index contributed by atoms with van der Waals surface area (Å²) in [7, 11) is 0. The molecule has 0 saturated heterocycles. The molecule has 2 aromatic carbocycles. The van der Waals surface area contributed by atoms with E-state index in [1.165, 1.54) is 61.5 Å². The molecule has 8 nitrogen and oxygen atoms in total. The van der Waals surface area contributed by atoms with Gasteiger partial charge in [0.1, 0.15) is 11.9 Å². The van der Waals surface area contributed by atoms with Crippen molar-refractivity contribution in [3.63, 3.8) is 0 Å². The third-order valence-corrected chi connectivity index (χ3v) is 4.39. The van der Waals surface area contributed by atoms with E-state index in [4.69, 9.17) is 0 Å². The van der Waals surface area contributed by atoms with Crippen LogP contribution in [0, 0.1) is 22.9 Å². The molecule has 0 aliphatic heterocycles. The average Bonchev–Trinajstić information content (AvgIpc) is 2.70. The molecule has 0 aliphatic rings. The maximum absolute atomic E-state index is 13.1. The molecule has 3 aromatic rings. The second kappa shape index (κ2) is 8.01. The first-order valence-electron chi connectivity index (χ1n) is 8.68. The van der Waals surface area contributed by atoms with Crippen molar-refractivity contribution < 1.29 is 14.1 Å². The number of amides is 1. The van der Waals surface area contributed by atoms with Crippen molar-refractivity contribution in [2.24, 2.45) is 0 Å². The van der Waals surface area contributed by atoms with Crippen LogP contribution in [0.25, 0.3) is 11.3 Å². The number of nitrogens with one attached hydrogen (secondary N) is 1. The normalized spacial score (nSPS) is 11.7. The van der Waals surface area contributed by atoms with Crippen molar-refractivity contribution in [3.8, 4) is 11.3 Å². The molecular formula is C20H17FN4O4. The number of carbonyl (C=O) groups is 1. The Hall–Kier alpha value is -3.88. The van der Waals surface area contributed by atoms with Gasteiger partial charge in [-0.3, -0.25) is 19.7 Å². The van der Waals surface area contributed by atoms with Crippen LogP contribution in [0.1, 0.15) is 18.5 Å². The lowest BCUT2D eigenvalue weighted by Gasteiger charge is -2.16. The quantitative estimate of drug-likeness (QED) is 0.525. The van der Waals surface area contributed by atoms with Gasteiger partial charge >= 0.3 is 0 Å². The van der Waals surface area contributed by atoms with Gasteiger partial charge < -0.3 is 5.32 Å². The number of nitrogens with zero attached hydrogens (tertiary/aromatic N) is 3. The molecule has 0 aliphatic carbocycles. The molecule has 1 heterocycles. The third kappa shape index (κ3) is 4.34. The van der Waals surface area contributed by atoms with Crippen molar-refractivity contribution in [3.05, 3.63) is 86.4 Å². The molecule has 3 rings (SSSR count). The van der Waals surface area contributed by atoms with Crippen LogP contribution < -0.4 is 10.9 Å². The van der Waals surface area contributed by atoms with Crippen molar-refractivity contribution in [2.75, 3.05) is 5.32 Å². The number of aryl methyl sites for hydroxylation is 1. The molecule has 0 spiro atoms. The van der Waals surface area contributed by atoms with Crippen molar-refractivity contribution in [1.82, 2.24) is 9.78 Å². The summed E-state index contributed by atoms with van der Waals surface area (Å²) in [5, 5.41) is 17.7. The van der Waals surface area contributed by atoms with E-state index in [0.29, 0.717) is 22.5 Å². The van der Waals surface area contributed by atoms with E-state index >= 15 is 0 Å². The van der Waals surface area contributed by atoms with Crippen LogP contribution in [0.15, 0.2) is 59.4 Å². The SMILES string of the molecule is Cc1cc([N+](=O)[O-])ccc1NC(=O)C(C)n1nc(-c2ccc(F)cc2)ccc1=O. The summed E-state index contributed by atoms with van der Waals surface area (Å²) in [6.45, 7) is 3.14. The maximum Gasteiger partial charge on any atom is 0.269 e. The Morgan fingerprint density at radius 3 is 2.48 bits per heavy atom. The molecule has 0 saturated carbocycles. The lowest BCUT2D eigenvalue weighted by molar-refractivity contribution is -0.384. The first-order chi connectivity index (χ1) is 13.8.